The molecule has 0 aromatic carbocycles. The molecule has 0 amide bonds. The lowest BCUT2D eigenvalue weighted by atomic mass is 10.1. The summed E-state index contributed by atoms with van der Waals surface area (Å²) in [6.07, 6.45) is 10.3. The molecular formula is C15H16FN. The van der Waals surface area contributed by atoms with Gasteiger partial charge in [0, 0.05) is 21.8 Å². The molecule has 0 saturated heterocycles. The van der Waals surface area contributed by atoms with Gasteiger partial charge in [-0.2, -0.15) is 0 Å². The van der Waals surface area contributed by atoms with Gasteiger partial charge in [0.05, 0.1) is 5.83 Å². The second-order valence-electron chi connectivity index (χ2n) is 3.57. The first-order chi connectivity index (χ1) is 8.10. The highest BCUT2D eigenvalue weighted by Gasteiger charge is 2.02. The lowest BCUT2D eigenvalue weighted by Gasteiger charge is -1.92. The van der Waals surface area contributed by atoms with Crippen molar-refractivity contribution in [2.24, 2.45) is 0 Å². The van der Waals surface area contributed by atoms with E-state index in [0.29, 0.717) is 0 Å². The molecule has 0 fully saturated rings. The van der Waals surface area contributed by atoms with Gasteiger partial charge >= 0.3 is 0 Å². The Morgan fingerprint density at radius 1 is 1.29 bits per heavy atom. The van der Waals surface area contributed by atoms with Crippen LogP contribution in [0.3, 0.4) is 0 Å². The summed E-state index contributed by atoms with van der Waals surface area (Å²) in [6.45, 7) is 12.6. The molecule has 0 radical (unpaired) electrons. The van der Waals surface area contributed by atoms with Gasteiger partial charge in [-0.05, 0) is 19.1 Å². The van der Waals surface area contributed by atoms with Crippen LogP contribution >= 0.6 is 0 Å². The normalized spacial score (nSPS) is 13.3. The number of hydrogen-bond donors (Lipinski definition) is 1. The monoisotopic (exact) mass is 229 g/mol. The van der Waals surface area contributed by atoms with Crippen LogP contribution in [0, 0.1) is 0 Å². The van der Waals surface area contributed by atoms with Gasteiger partial charge in [0.25, 0.3) is 0 Å². The van der Waals surface area contributed by atoms with Gasteiger partial charge in [-0.1, -0.05) is 44.0 Å². The Labute approximate surface area is 101 Å². The number of rotatable bonds is 4. The smallest absolute Gasteiger partial charge is 0.0975 e. The summed E-state index contributed by atoms with van der Waals surface area (Å²) in [7, 11) is 0. The SMILES string of the molecule is C=C/C=C\C=c1\c(/C=C(\C)F)c(C=C)[nH]c1=C. The van der Waals surface area contributed by atoms with E-state index in [9.17, 15) is 4.39 Å². The van der Waals surface area contributed by atoms with Gasteiger partial charge in [0.1, 0.15) is 0 Å². The first-order valence-electron chi connectivity index (χ1n) is 5.26. The summed E-state index contributed by atoms with van der Waals surface area (Å²) >= 11 is 0. The molecule has 0 bridgehead atoms. The predicted molar refractivity (Wildman–Crippen MR) is 74.2 cm³/mol. The maximum atomic E-state index is 13.0. The van der Waals surface area contributed by atoms with Crippen LogP contribution in [0.5, 0.6) is 0 Å². The molecule has 1 nitrogen and oxygen atoms in total. The van der Waals surface area contributed by atoms with Crippen molar-refractivity contribution in [1.82, 2.24) is 4.98 Å². The highest BCUT2D eigenvalue weighted by atomic mass is 19.1. The average molecular weight is 229 g/mol. The quantitative estimate of drug-likeness (QED) is 0.764. The first kappa shape index (κ1) is 13.0. The fourth-order valence-electron chi connectivity index (χ4n) is 1.54. The van der Waals surface area contributed by atoms with Gasteiger partial charge in [-0.3, -0.25) is 0 Å². The van der Waals surface area contributed by atoms with Crippen molar-refractivity contribution in [2.45, 2.75) is 6.92 Å². The van der Waals surface area contributed by atoms with Crippen LogP contribution in [0.15, 0.2) is 37.2 Å². The molecule has 1 heterocycles. The van der Waals surface area contributed by atoms with E-state index in [1.165, 1.54) is 13.0 Å². The number of allylic oxidation sites excluding steroid dienone is 4. The zero-order chi connectivity index (χ0) is 12.8. The fourth-order valence-corrected chi connectivity index (χ4v) is 1.54. The van der Waals surface area contributed by atoms with Crippen LogP contribution < -0.4 is 10.6 Å². The van der Waals surface area contributed by atoms with E-state index in [2.05, 4.69) is 24.7 Å². The van der Waals surface area contributed by atoms with Crippen LogP contribution in [-0.4, -0.2) is 4.98 Å². The van der Waals surface area contributed by atoms with Crippen LogP contribution in [-0.2, 0) is 0 Å². The summed E-state index contributed by atoms with van der Waals surface area (Å²) in [5, 5.41) is 1.59. The van der Waals surface area contributed by atoms with Gasteiger partial charge in [0.2, 0.25) is 0 Å². The molecule has 88 valence electrons. The molecule has 0 unspecified atom stereocenters. The first-order valence-corrected chi connectivity index (χ1v) is 5.26. The minimum Gasteiger partial charge on any atom is -0.355 e. The Morgan fingerprint density at radius 3 is 2.53 bits per heavy atom. The van der Waals surface area contributed by atoms with E-state index in [1.54, 1.807) is 18.2 Å². The van der Waals surface area contributed by atoms with Crippen molar-refractivity contribution in [3.8, 4) is 0 Å². The molecule has 1 N–H and O–H groups in total. The summed E-state index contributed by atoms with van der Waals surface area (Å²) in [5.41, 5.74) is 1.53. The Morgan fingerprint density at radius 2 is 2.00 bits per heavy atom. The van der Waals surface area contributed by atoms with E-state index in [0.717, 1.165) is 21.8 Å². The fraction of sp³-hybridized carbons (Fsp3) is 0.0667. The largest absolute Gasteiger partial charge is 0.355 e. The lowest BCUT2D eigenvalue weighted by Crippen LogP contribution is -2.21. The second-order valence-corrected chi connectivity index (χ2v) is 3.57. The van der Waals surface area contributed by atoms with Crippen molar-refractivity contribution < 1.29 is 4.39 Å². The third-order valence-corrected chi connectivity index (χ3v) is 2.25. The zero-order valence-electron chi connectivity index (χ0n) is 9.96. The molecule has 17 heavy (non-hydrogen) atoms. The van der Waals surface area contributed by atoms with E-state index in [1.807, 2.05) is 12.2 Å². The minimum atomic E-state index is -0.255. The Hall–Kier alpha value is -2.09. The zero-order valence-corrected chi connectivity index (χ0v) is 9.96. The van der Waals surface area contributed by atoms with Crippen LogP contribution in [0.2, 0.25) is 0 Å². The van der Waals surface area contributed by atoms with E-state index >= 15 is 0 Å². The van der Waals surface area contributed by atoms with Crippen LogP contribution in [0.4, 0.5) is 4.39 Å². The van der Waals surface area contributed by atoms with E-state index in [-0.39, 0.29) is 5.83 Å². The molecule has 0 aliphatic heterocycles. The Balaban J connectivity index is 3.53. The molecule has 1 aromatic rings. The van der Waals surface area contributed by atoms with Crippen molar-refractivity contribution in [3.05, 3.63) is 59.0 Å². The molecule has 2 heteroatoms. The van der Waals surface area contributed by atoms with Crippen molar-refractivity contribution in [1.29, 1.82) is 0 Å². The molecule has 0 aliphatic rings. The highest BCUT2D eigenvalue weighted by molar-refractivity contribution is 5.65. The Kier molecular flexibility index (Phi) is 4.46. The van der Waals surface area contributed by atoms with Crippen LogP contribution in [0.1, 0.15) is 18.2 Å². The van der Waals surface area contributed by atoms with Crippen LogP contribution in [0.25, 0.3) is 24.8 Å². The van der Waals surface area contributed by atoms with Crippen molar-refractivity contribution in [3.63, 3.8) is 0 Å². The number of H-pyrrole nitrogens is 1. The molecule has 1 rings (SSSR count). The highest BCUT2D eigenvalue weighted by Crippen LogP contribution is 2.07. The molecule has 1 aromatic heterocycles. The van der Waals surface area contributed by atoms with Crippen molar-refractivity contribution in [2.75, 3.05) is 0 Å². The summed E-state index contributed by atoms with van der Waals surface area (Å²) in [5.74, 6) is -0.255. The lowest BCUT2D eigenvalue weighted by molar-refractivity contribution is 0.648. The van der Waals surface area contributed by atoms with Crippen molar-refractivity contribution >= 4 is 24.8 Å². The van der Waals surface area contributed by atoms with Gasteiger partial charge in [-0.15, -0.1) is 0 Å². The van der Waals surface area contributed by atoms with Gasteiger partial charge < -0.3 is 4.98 Å². The number of hydrogen-bond acceptors (Lipinski definition) is 0. The third-order valence-electron chi connectivity index (χ3n) is 2.25. The van der Waals surface area contributed by atoms with E-state index in [4.69, 9.17) is 0 Å². The third kappa shape index (κ3) is 3.18. The average Bonchev–Trinajstić information content (AvgIpc) is 2.56. The molecule has 0 aliphatic carbocycles. The summed E-state index contributed by atoms with van der Waals surface area (Å²) in [6, 6.07) is 0. The molecular weight excluding hydrogens is 213 g/mol. The maximum Gasteiger partial charge on any atom is 0.0975 e. The molecule has 0 spiro atoms. The minimum absolute atomic E-state index is 0.255. The standard InChI is InChI=1S/C15H16FN/c1-5-7-8-9-13-12(4)17-15(6-2)14(13)10-11(3)16/h5-10,17H,1-2,4H2,3H3/b8-7-,11-10+,13-9+. The Bertz CT molecular complexity index is 581. The summed E-state index contributed by atoms with van der Waals surface area (Å²) in [4.78, 5) is 3.06. The summed E-state index contributed by atoms with van der Waals surface area (Å²) < 4.78 is 13.0. The predicted octanol–water partition coefficient (Wildman–Crippen LogP) is 2.92. The molecule has 0 saturated carbocycles. The van der Waals surface area contributed by atoms with Gasteiger partial charge in [0.15, 0.2) is 0 Å². The van der Waals surface area contributed by atoms with E-state index < -0.39 is 0 Å². The topological polar surface area (TPSA) is 15.8 Å². The number of nitrogens with one attached hydrogen (secondary N) is 1. The number of aromatic nitrogens is 1. The van der Waals surface area contributed by atoms with Gasteiger partial charge in [-0.25, -0.2) is 4.39 Å². The second kappa shape index (κ2) is 5.85. The number of aromatic amines is 1. The number of halogens is 1. The molecule has 0 atom stereocenters. The maximum absolute atomic E-state index is 13.0.